The van der Waals surface area contributed by atoms with E-state index in [0.29, 0.717) is 0 Å². The van der Waals surface area contributed by atoms with Crippen molar-refractivity contribution >= 4 is 5.69 Å². The van der Waals surface area contributed by atoms with Gasteiger partial charge in [0.1, 0.15) is 12.0 Å². The number of nitrogens with one attached hydrogen (secondary N) is 1. The molecule has 5 nitrogen and oxygen atoms in total. The van der Waals surface area contributed by atoms with Crippen LogP contribution >= 0.6 is 0 Å². The Kier molecular flexibility index (Phi) is 14.0. The molecule has 0 spiro atoms. The molecule has 1 atom stereocenters. The van der Waals surface area contributed by atoms with Crippen LogP contribution in [0.2, 0.25) is 0 Å². The minimum Gasteiger partial charge on any atom is -0.363 e. The number of hydrogen-bond donors (Lipinski definition) is 1. The lowest BCUT2D eigenvalue weighted by Crippen LogP contribution is -2.28. The second-order valence-corrected chi connectivity index (χ2v) is 20.7. The summed E-state index contributed by atoms with van der Waals surface area (Å²) in [4.78, 5) is 12.2. The van der Waals surface area contributed by atoms with Crippen molar-refractivity contribution < 1.29 is 0 Å². The summed E-state index contributed by atoms with van der Waals surface area (Å²) in [6.07, 6.45) is 5.59. The van der Waals surface area contributed by atoms with Gasteiger partial charge in [0.2, 0.25) is 0 Å². The third-order valence-electron chi connectivity index (χ3n) is 15.7. The number of aromatic nitrogens is 3. The Bertz CT molecular complexity index is 3880. The second kappa shape index (κ2) is 22.1. The van der Waals surface area contributed by atoms with Crippen LogP contribution < -0.4 is 10.2 Å². The third-order valence-corrected chi connectivity index (χ3v) is 15.7. The van der Waals surface area contributed by atoms with Gasteiger partial charge in [-0.05, 0) is 168 Å². The van der Waals surface area contributed by atoms with Crippen molar-refractivity contribution in [2.24, 2.45) is 0 Å². The Morgan fingerprint density at radius 3 is 1.58 bits per heavy atom. The summed E-state index contributed by atoms with van der Waals surface area (Å²) in [5, 5.41) is 3.77. The molecule has 1 aliphatic heterocycles. The molecule has 0 saturated heterocycles. The van der Waals surface area contributed by atoms with Gasteiger partial charge in [-0.1, -0.05) is 200 Å². The Labute approximate surface area is 459 Å². The topological polar surface area (TPSA) is 46.0 Å². The molecule has 0 fully saturated rings. The van der Waals surface area contributed by atoms with Crippen LogP contribution in [0.4, 0.5) is 5.69 Å². The highest BCUT2D eigenvalue weighted by Crippen LogP contribution is 2.42. The van der Waals surface area contributed by atoms with E-state index >= 15 is 0 Å². The molecule has 0 aliphatic carbocycles. The normalized spacial score (nSPS) is 13.2. The predicted octanol–water partition coefficient (Wildman–Crippen LogP) is 17.8. The third kappa shape index (κ3) is 10.4. The molecule has 3 heterocycles. The Balaban J connectivity index is 0.880. The highest BCUT2D eigenvalue weighted by atomic mass is 15.3. The fraction of sp³-hybridized carbons (Fsp3) is 0.123. The van der Waals surface area contributed by atoms with E-state index in [1.165, 1.54) is 83.8 Å². The van der Waals surface area contributed by atoms with Crippen LogP contribution in [0.25, 0.3) is 72.8 Å². The molecule has 1 unspecified atom stereocenters. The molecule has 0 amide bonds. The van der Waals surface area contributed by atoms with Crippen LogP contribution in [0.5, 0.6) is 0 Å². The first kappa shape index (κ1) is 49.6. The number of rotatable bonds is 15. The van der Waals surface area contributed by atoms with Crippen LogP contribution in [-0.4, -0.2) is 14.5 Å². The standard InChI is InChI=1S/C73H63N5/c1-50-52(3)77(65-20-10-6-11-21-65)72(75-50)61-35-31-54(32-36-61)27-29-56-46-57(30-28-55-33-37-62(38-34-55)73-76-51(2)53(4)78(73)66-22-12-7-13-23-66)48-64(47-56)67-24-14-15-25-68(67)69-44-43-63(71-26-16-17-45-74-71)49-70(69)60-41-39-59(40-42-60)58-18-8-5-9-19-58/h5-26,31-49,72,75H,27-30H2,1-4H3. The van der Waals surface area contributed by atoms with Crippen molar-refractivity contribution in [3.63, 3.8) is 0 Å². The molecule has 1 aliphatic rings. The van der Waals surface area contributed by atoms with Crippen LogP contribution in [-0.2, 0) is 25.7 Å². The van der Waals surface area contributed by atoms with E-state index in [9.17, 15) is 0 Å². The summed E-state index contributed by atoms with van der Waals surface area (Å²) in [7, 11) is 0. The number of nitrogens with zero attached hydrogens (tertiary/aromatic N) is 4. The van der Waals surface area contributed by atoms with Gasteiger partial charge in [-0.25, -0.2) is 4.98 Å². The van der Waals surface area contributed by atoms with Crippen molar-refractivity contribution in [2.75, 3.05) is 4.90 Å². The van der Waals surface area contributed by atoms with Gasteiger partial charge >= 0.3 is 0 Å². The van der Waals surface area contributed by atoms with Crippen LogP contribution in [0.3, 0.4) is 0 Å². The monoisotopic (exact) mass is 1010 g/mol. The summed E-state index contributed by atoms with van der Waals surface area (Å²) in [6, 6.07) is 88.5. The molecule has 0 saturated carbocycles. The van der Waals surface area contributed by atoms with Gasteiger partial charge in [0.05, 0.1) is 11.4 Å². The molecular formula is C73H63N5. The largest absolute Gasteiger partial charge is 0.363 e. The highest BCUT2D eigenvalue weighted by molar-refractivity contribution is 5.94. The number of benzene rings is 9. The number of allylic oxidation sites excluding steroid dienone is 2. The number of para-hydroxylation sites is 2. The molecule has 11 aromatic rings. The van der Waals surface area contributed by atoms with Crippen molar-refractivity contribution in [1.29, 1.82) is 0 Å². The second-order valence-electron chi connectivity index (χ2n) is 20.7. The summed E-state index contributed by atoms with van der Waals surface area (Å²) >= 11 is 0. The van der Waals surface area contributed by atoms with Crippen LogP contribution in [0.1, 0.15) is 59.2 Å². The van der Waals surface area contributed by atoms with E-state index in [2.05, 4.69) is 279 Å². The lowest BCUT2D eigenvalue weighted by molar-refractivity contribution is 0.644. The predicted molar refractivity (Wildman–Crippen MR) is 324 cm³/mol. The molecule has 0 radical (unpaired) electrons. The lowest BCUT2D eigenvalue weighted by atomic mass is 9.86. The van der Waals surface area contributed by atoms with Gasteiger partial charge in [-0.2, -0.15) is 0 Å². The van der Waals surface area contributed by atoms with Crippen LogP contribution in [0, 0.1) is 13.8 Å². The zero-order valence-electron chi connectivity index (χ0n) is 44.9. The molecule has 78 heavy (non-hydrogen) atoms. The number of anilines is 1. The van der Waals surface area contributed by atoms with E-state index in [1.54, 1.807) is 0 Å². The maximum atomic E-state index is 5.05. The Morgan fingerprint density at radius 2 is 0.923 bits per heavy atom. The first-order chi connectivity index (χ1) is 38.3. The minimum absolute atomic E-state index is 0.0446. The van der Waals surface area contributed by atoms with Gasteiger partial charge in [0.15, 0.2) is 0 Å². The molecule has 12 rings (SSSR count). The van der Waals surface area contributed by atoms with Gasteiger partial charge in [0, 0.05) is 45.8 Å². The zero-order valence-corrected chi connectivity index (χ0v) is 44.9. The zero-order chi connectivity index (χ0) is 53.0. The molecule has 5 heteroatoms. The molecule has 2 aromatic heterocycles. The average Bonchev–Trinajstić information content (AvgIpc) is 4.08. The maximum absolute atomic E-state index is 5.05. The van der Waals surface area contributed by atoms with Gasteiger partial charge < -0.3 is 10.2 Å². The number of pyridine rings is 1. The summed E-state index contributed by atoms with van der Waals surface area (Å²) in [5.74, 6) is 0.971. The summed E-state index contributed by atoms with van der Waals surface area (Å²) in [5.41, 5.74) is 26.2. The van der Waals surface area contributed by atoms with Gasteiger partial charge in [0.25, 0.3) is 0 Å². The fourth-order valence-corrected chi connectivity index (χ4v) is 11.2. The van der Waals surface area contributed by atoms with Crippen LogP contribution in [0.15, 0.2) is 260 Å². The number of imidazole rings is 1. The SMILES string of the molecule is CC1=C(C)N(c2ccccc2)C(c2ccc(CCc3cc(CCc4ccc(-c5nc(C)c(C)n5-c5ccccc5)cc4)cc(-c4ccccc4-c4ccc(-c5ccccn5)cc4-c4ccc(-c5ccccc5)cc4)c3)cc2)N1. The van der Waals surface area contributed by atoms with Crippen molar-refractivity contribution in [2.45, 2.75) is 59.5 Å². The number of aryl methyl sites for hydroxylation is 5. The summed E-state index contributed by atoms with van der Waals surface area (Å²) < 4.78 is 2.27. The molecule has 1 N–H and O–H groups in total. The number of hydrogen-bond acceptors (Lipinski definition) is 4. The molecule has 380 valence electrons. The first-order valence-electron chi connectivity index (χ1n) is 27.3. The van der Waals surface area contributed by atoms with Gasteiger partial charge in [-0.15, -0.1) is 0 Å². The highest BCUT2D eigenvalue weighted by Gasteiger charge is 2.29. The van der Waals surface area contributed by atoms with E-state index in [1.807, 2.05) is 12.3 Å². The quantitative estimate of drug-likeness (QED) is 0.111. The fourth-order valence-electron chi connectivity index (χ4n) is 11.2. The van der Waals surface area contributed by atoms with E-state index < -0.39 is 0 Å². The molecule has 0 bridgehead atoms. The lowest BCUT2D eigenvalue weighted by Gasteiger charge is -2.28. The van der Waals surface area contributed by atoms with Crippen molar-refractivity contribution in [3.05, 3.63) is 299 Å². The Morgan fingerprint density at radius 1 is 0.397 bits per heavy atom. The molecule has 9 aromatic carbocycles. The Hall–Kier alpha value is -9.32. The first-order valence-corrected chi connectivity index (χ1v) is 27.3. The smallest absolute Gasteiger partial charge is 0.145 e. The van der Waals surface area contributed by atoms with Gasteiger partial charge in [-0.3, -0.25) is 9.55 Å². The average molecular weight is 1010 g/mol. The van der Waals surface area contributed by atoms with Crippen molar-refractivity contribution in [1.82, 2.24) is 19.9 Å². The summed E-state index contributed by atoms with van der Waals surface area (Å²) in [6.45, 7) is 8.62. The van der Waals surface area contributed by atoms with E-state index in [4.69, 9.17) is 9.97 Å². The molecular weight excluding hydrogens is 947 g/mol. The minimum atomic E-state index is 0.0446. The van der Waals surface area contributed by atoms with Crippen molar-refractivity contribution in [3.8, 4) is 72.8 Å². The van der Waals surface area contributed by atoms with E-state index in [0.717, 1.165) is 71.0 Å². The maximum Gasteiger partial charge on any atom is 0.145 e. The van der Waals surface area contributed by atoms with E-state index in [-0.39, 0.29) is 6.17 Å².